The molecule has 6 heteroatoms. The van der Waals surface area contributed by atoms with Gasteiger partial charge < -0.3 is 9.26 Å². The third kappa shape index (κ3) is 1.88. The number of esters is 1. The Morgan fingerprint density at radius 3 is 3.20 bits per heavy atom. The number of rotatable bonds is 3. The third-order valence-corrected chi connectivity index (χ3v) is 1.78. The summed E-state index contributed by atoms with van der Waals surface area (Å²) in [6, 6.07) is 3.23. The SMILES string of the molecule is CCOC(=O)c1cc(-c2ccon2)[nH]n1. The average Bonchev–Trinajstić information content (AvgIpc) is 2.89. The van der Waals surface area contributed by atoms with E-state index in [2.05, 4.69) is 19.9 Å². The molecule has 0 atom stereocenters. The van der Waals surface area contributed by atoms with E-state index in [4.69, 9.17) is 4.74 Å². The minimum atomic E-state index is -0.455. The molecule has 0 radical (unpaired) electrons. The summed E-state index contributed by atoms with van der Waals surface area (Å²) >= 11 is 0. The molecule has 0 aromatic carbocycles. The van der Waals surface area contributed by atoms with E-state index in [0.29, 0.717) is 18.0 Å². The fraction of sp³-hybridized carbons (Fsp3) is 0.222. The molecule has 0 amide bonds. The van der Waals surface area contributed by atoms with Crippen LogP contribution in [-0.2, 0) is 4.74 Å². The zero-order valence-corrected chi connectivity index (χ0v) is 8.06. The molecular formula is C9H9N3O3. The molecule has 0 aliphatic heterocycles. The molecule has 2 aromatic rings. The van der Waals surface area contributed by atoms with Gasteiger partial charge in [-0.05, 0) is 6.92 Å². The van der Waals surface area contributed by atoms with Crippen LogP contribution in [0.15, 0.2) is 22.9 Å². The van der Waals surface area contributed by atoms with Crippen molar-refractivity contribution in [3.05, 3.63) is 24.1 Å². The van der Waals surface area contributed by atoms with Crippen molar-refractivity contribution in [2.45, 2.75) is 6.92 Å². The van der Waals surface area contributed by atoms with Gasteiger partial charge in [0, 0.05) is 12.1 Å². The minimum absolute atomic E-state index is 0.231. The topological polar surface area (TPSA) is 81.0 Å². The van der Waals surface area contributed by atoms with E-state index in [0.717, 1.165) is 0 Å². The van der Waals surface area contributed by atoms with Gasteiger partial charge in [0.25, 0.3) is 0 Å². The molecule has 0 bridgehead atoms. The maximum Gasteiger partial charge on any atom is 0.358 e. The van der Waals surface area contributed by atoms with Crippen molar-refractivity contribution in [1.82, 2.24) is 15.4 Å². The fourth-order valence-electron chi connectivity index (χ4n) is 1.11. The van der Waals surface area contributed by atoms with Crippen LogP contribution < -0.4 is 0 Å². The second-order valence-electron chi connectivity index (χ2n) is 2.77. The average molecular weight is 207 g/mol. The van der Waals surface area contributed by atoms with Crippen LogP contribution in [0.2, 0.25) is 0 Å². The highest BCUT2D eigenvalue weighted by Crippen LogP contribution is 2.15. The van der Waals surface area contributed by atoms with E-state index in [1.54, 1.807) is 19.1 Å². The summed E-state index contributed by atoms with van der Waals surface area (Å²) in [5, 5.41) is 10.2. The number of aromatic nitrogens is 3. The summed E-state index contributed by atoms with van der Waals surface area (Å²) in [5.74, 6) is -0.455. The maximum absolute atomic E-state index is 11.3. The Morgan fingerprint density at radius 1 is 1.67 bits per heavy atom. The normalized spacial score (nSPS) is 10.2. The first-order valence-electron chi connectivity index (χ1n) is 4.44. The third-order valence-electron chi connectivity index (χ3n) is 1.78. The number of aromatic amines is 1. The highest BCUT2D eigenvalue weighted by molar-refractivity contribution is 5.88. The lowest BCUT2D eigenvalue weighted by molar-refractivity contribution is 0.0519. The molecule has 0 saturated carbocycles. The zero-order chi connectivity index (χ0) is 10.7. The van der Waals surface area contributed by atoms with Gasteiger partial charge >= 0.3 is 5.97 Å². The van der Waals surface area contributed by atoms with Crippen LogP contribution in [0.25, 0.3) is 11.4 Å². The quantitative estimate of drug-likeness (QED) is 0.766. The Bertz CT molecular complexity index is 447. The van der Waals surface area contributed by atoms with Crippen LogP contribution >= 0.6 is 0 Å². The van der Waals surface area contributed by atoms with E-state index in [1.165, 1.54) is 6.26 Å². The lowest BCUT2D eigenvalue weighted by Gasteiger charge is -1.94. The summed E-state index contributed by atoms with van der Waals surface area (Å²) < 4.78 is 9.47. The van der Waals surface area contributed by atoms with Gasteiger partial charge in [-0.2, -0.15) is 5.10 Å². The van der Waals surface area contributed by atoms with E-state index < -0.39 is 5.97 Å². The van der Waals surface area contributed by atoms with Gasteiger partial charge in [0.15, 0.2) is 5.69 Å². The van der Waals surface area contributed by atoms with Gasteiger partial charge in [-0.15, -0.1) is 0 Å². The van der Waals surface area contributed by atoms with Crippen molar-refractivity contribution in [3.8, 4) is 11.4 Å². The second-order valence-corrected chi connectivity index (χ2v) is 2.77. The molecule has 0 unspecified atom stereocenters. The monoisotopic (exact) mass is 207 g/mol. The van der Waals surface area contributed by atoms with Crippen molar-refractivity contribution >= 4 is 5.97 Å². The van der Waals surface area contributed by atoms with E-state index in [9.17, 15) is 4.79 Å². The number of H-pyrrole nitrogens is 1. The molecule has 1 N–H and O–H groups in total. The Kier molecular flexibility index (Phi) is 2.49. The van der Waals surface area contributed by atoms with Crippen LogP contribution in [-0.4, -0.2) is 27.9 Å². The van der Waals surface area contributed by atoms with Gasteiger partial charge in [0.1, 0.15) is 12.0 Å². The van der Waals surface area contributed by atoms with Crippen LogP contribution in [0, 0.1) is 0 Å². The van der Waals surface area contributed by atoms with Gasteiger partial charge in [0.2, 0.25) is 0 Å². The second kappa shape index (κ2) is 3.95. The van der Waals surface area contributed by atoms with Crippen LogP contribution in [0.1, 0.15) is 17.4 Å². The minimum Gasteiger partial charge on any atom is -0.461 e. The highest BCUT2D eigenvalue weighted by atomic mass is 16.5. The smallest absolute Gasteiger partial charge is 0.358 e. The number of carbonyl (C=O) groups is 1. The van der Waals surface area contributed by atoms with Crippen molar-refractivity contribution in [1.29, 1.82) is 0 Å². The van der Waals surface area contributed by atoms with Crippen LogP contribution in [0.5, 0.6) is 0 Å². The maximum atomic E-state index is 11.3. The molecule has 2 aromatic heterocycles. The highest BCUT2D eigenvalue weighted by Gasteiger charge is 2.13. The van der Waals surface area contributed by atoms with Crippen molar-refractivity contribution in [2.24, 2.45) is 0 Å². The van der Waals surface area contributed by atoms with Gasteiger partial charge in [0.05, 0.1) is 12.3 Å². The number of nitrogens with zero attached hydrogens (tertiary/aromatic N) is 2. The molecule has 0 spiro atoms. The van der Waals surface area contributed by atoms with E-state index in [1.807, 2.05) is 0 Å². The largest absolute Gasteiger partial charge is 0.461 e. The number of hydrogen-bond acceptors (Lipinski definition) is 5. The van der Waals surface area contributed by atoms with E-state index >= 15 is 0 Å². The van der Waals surface area contributed by atoms with Crippen molar-refractivity contribution < 1.29 is 14.1 Å². The molecule has 78 valence electrons. The van der Waals surface area contributed by atoms with Crippen LogP contribution in [0.3, 0.4) is 0 Å². The number of hydrogen-bond donors (Lipinski definition) is 1. The first kappa shape index (κ1) is 9.45. The summed E-state index contributed by atoms with van der Waals surface area (Å²) in [6.07, 6.45) is 1.44. The Morgan fingerprint density at radius 2 is 2.53 bits per heavy atom. The van der Waals surface area contributed by atoms with E-state index in [-0.39, 0.29) is 5.69 Å². The fourth-order valence-corrected chi connectivity index (χ4v) is 1.11. The molecule has 0 aliphatic rings. The first-order valence-corrected chi connectivity index (χ1v) is 4.44. The Labute approximate surface area is 85.2 Å². The standard InChI is InChI=1S/C9H9N3O3/c1-2-14-9(13)8-5-7(10-11-8)6-3-4-15-12-6/h3-5H,2H2,1H3,(H,10,11). The Balaban J connectivity index is 2.21. The molecule has 6 nitrogen and oxygen atoms in total. The Hall–Kier alpha value is -2.11. The van der Waals surface area contributed by atoms with Gasteiger partial charge in [-0.1, -0.05) is 5.16 Å². The number of nitrogens with one attached hydrogen (secondary N) is 1. The lowest BCUT2D eigenvalue weighted by Crippen LogP contribution is -2.04. The predicted molar refractivity (Wildman–Crippen MR) is 50.0 cm³/mol. The van der Waals surface area contributed by atoms with Gasteiger partial charge in [-0.3, -0.25) is 5.10 Å². The van der Waals surface area contributed by atoms with Gasteiger partial charge in [-0.25, -0.2) is 4.79 Å². The lowest BCUT2D eigenvalue weighted by atomic mass is 10.3. The van der Waals surface area contributed by atoms with Crippen molar-refractivity contribution in [2.75, 3.05) is 6.61 Å². The molecule has 15 heavy (non-hydrogen) atoms. The number of carbonyl (C=O) groups excluding carboxylic acids is 1. The molecule has 2 rings (SSSR count). The molecule has 0 aliphatic carbocycles. The molecular weight excluding hydrogens is 198 g/mol. The molecule has 0 saturated heterocycles. The number of ether oxygens (including phenoxy) is 1. The molecule has 0 fully saturated rings. The molecule has 2 heterocycles. The zero-order valence-electron chi connectivity index (χ0n) is 8.06. The van der Waals surface area contributed by atoms with Crippen LogP contribution in [0.4, 0.5) is 0 Å². The summed E-state index contributed by atoms with van der Waals surface area (Å²) in [6.45, 7) is 2.06. The summed E-state index contributed by atoms with van der Waals surface area (Å²) in [7, 11) is 0. The summed E-state index contributed by atoms with van der Waals surface area (Å²) in [5.41, 5.74) is 1.44. The summed E-state index contributed by atoms with van der Waals surface area (Å²) in [4.78, 5) is 11.3. The first-order chi connectivity index (χ1) is 7.31. The van der Waals surface area contributed by atoms with Crippen molar-refractivity contribution in [3.63, 3.8) is 0 Å². The predicted octanol–water partition coefficient (Wildman–Crippen LogP) is 1.24.